The Morgan fingerprint density at radius 3 is 2.33 bits per heavy atom. The maximum Gasteiger partial charge on any atom is 0.321 e. The predicted octanol–water partition coefficient (Wildman–Crippen LogP) is 5.93. The number of aliphatic carboxylic acids is 1. The zero-order valence-electron chi connectivity index (χ0n) is 23.6. The van der Waals surface area contributed by atoms with Crippen molar-refractivity contribution in [2.75, 3.05) is 32.7 Å². The van der Waals surface area contributed by atoms with Crippen molar-refractivity contribution in [3.8, 4) is 0 Å². The number of H-pyrrole nitrogens is 1. The Hall–Kier alpha value is -2.96. The van der Waals surface area contributed by atoms with Crippen LogP contribution in [0.15, 0.2) is 66.7 Å². The molecule has 3 aromatic rings. The van der Waals surface area contributed by atoms with Crippen LogP contribution >= 0.6 is 0 Å². The van der Waals surface area contributed by atoms with Crippen molar-refractivity contribution in [3.05, 3.63) is 89.2 Å². The maximum atomic E-state index is 12.5. The van der Waals surface area contributed by atoms with Crippen LogP contribution in [0, 0.1) is 11.8 Å². The van der Waals surface area contributed by atoms with E-state index < -0.39 is 5.97 Å². The zero-order valence-corrected chi connectivity index (χ0v) is 23.6. The standard InChI is InChI=1S/C34H44N4O2/c39-34(40)33(28-14-8-3-9-15-28)38-23-29(31(24-38)26-12-6-2-7-13-26)22-37-18-16-27(17-19-37)32-21-30(35-36-32)20-25-10-4-1-5-11-25/h1-2,4-7,10-13,21,27-29,31,33H,3,8-9,14-20,22-24H2,(H,35,36)(H,39,40)/t29-,31+,33+/m0/s1. The lowest BCUT2D eigenvalue weighted by atomic mass is 9.83. The Morgan fingerprint density at radius 2 is 1.62 bits per heavy atom. The number of carboxylic acids is 1. The highest BCUT2D eigenvalue weighted by atomic mass is 16.4. The molecular formula is C34H44N4O2. The second kappa shape index (κ2) is 12.7. The minimum atomic E-state index is -0.620. The quantitative estimate of drug-likeness (QED) is 0.352. The van der Waals surface area contributed by atoms with Gasteiger partial charge in [-0.15, -0.1) is 0 Å². The fraction of sp³-hybridized carbons (Fsp3) is 0.529. The van der Waals surface area contributed by atoms with Crippen molar-refractivity contribution in [1.82, 2.24) is 20.0 Å². The number of piperidine rings is 1. The second-order valence-corrected chi connectivity index (χ2v) is 12.5. The third kappa shape index (κ3) is 6.34. The largest absolute Gasteiger partial charge is 0.480 e. The summed E-state index contributed by atoms with van der Waals surface area (Å²) in [5.74, 6) is 1.01. The summed E-state index contributed by atoms with van der Waals surface area (Å²) < 4.78 is 0. The lowest BCUT2D eigenvalue weighted by Crippen LogP contribution is -2.46. The topological polar surface area (TPSA) is 72.5 Å². The average molecular weight is 541 g/mol. The van der Waals surface area contributed by atoms with E-state index in [1.54, 1.807) is 0 Å². The number of aromatic amines is 1. The SMILES string of the molecule is O=C(O)[C@@H](C1CCCCC1)N1C[C@H](CN2CCC(c3cc(Cc4ccccc4)[nH]n3)CC2)[C@@H](c2ccccc2)C1. The first kappa shape index (κ1) is 27.2. The van der Waals surface area contributed by atoms with E-state index in [0.29, 0.717) is 17.8 Å². The summed E-state index contributed by atoms with van der Waals surface area (Å²) >= 11 is 0. The van der Waals surface area contributed by atoms with Crippen molar-refractivity contribution in [1.29, 1.82) is 0 Å². The second-order valence-electron chi connectivity index (χ2n) is 12.5. The number of carboxylic acid groups (broad SMARTS) is 1. The van der Waals surface area contributed by atoms with E-state index in [9.17, 15) is 9.90 Å². The van der Waals surface area contributed by atoms with Crippen molar-refractivity contribution < 1.29 is 9.90 Å². The number of nitrogens with one attached hydrogen (secondary N) is 1. The molecular weight excluding hydrogens is 496 g/mol. The fourth-order valence-electron chi connectivity index (χ4n) is 7.74. The number of aromatic nitrogens is 2. The molecule has 0 radical (unpaired) electrons. The van der Waals surface area contributed by atoms with E-state index in [1.807, 2.05) is 0 Å². The van der Waals surface area contributed by atoms with E-state index in [-0.39, 0.29) is 12.0 Å². The summed E-state index contributed by atoms with van der Waals surface area (Å²) in [5.41, 5.74) is 5.06. The van der Waals surface area contributed by atoms with Gasteiger partial charge in [-0.25, -0.2) is 0 Å². The van der Waals surface area contributed by atoms with Crippen LogP contribution in [0.4, 0.5) is 0 Å². The minimum absolute atomic E-state index is 0.290. The molecule has 0 spiro atoms. The molecule has 2 aromatic carbocycles. The van der Waals surface area contributed by atoms with E-state index >= 15 is 0 Å². The molecule has 1 saturated carbocycles. The van der Waals surface area contributed by atoms with Crippen LogP contribution in [0.3, 0.4) is 0 Å². The molecule has 1 aromatic heterocycles. The molecule has 3 aliphatic rings. The van der Waals surface area contributed by atoms with E-state index in [0.717, 1.165) is 64.8 Å². The Morgan fingerprint density at radius 1 is 0.925 bits per heavy atom. The van der Waals surface area contributed by atoms with Crippen LogP contribution < -0.4 is 0 Å². The minimum Gasteiger partial charge on any atom is -0.480 e. The molecule has 0 unspecified atom stereocenters. The number of carbonyl (C=O) groups is 1. The summed E-state index contributed by atoms with van der Waals surface area (Å²) in [6, 6.07) is 23.3. The zero-order chi connectivity index (χ0) is 27.3. The molecule has 212 valence electrons. The molecule has 0 bridgehead atoms. The monoisotopic (exact) mass is 540 g/mol. The molecule has 2 saturated heterocycles. The maximum absolute atomic E-state index is 12.5. The fourth-order valence-corrected chi connectivity index (χ4v) is 7.74. The molecule has 2 N–H and O–H groups in total. The highest BCUT2D eigenvalue weighted by Crippen LogP contribution is 2.39. The normalized spacial score (nSPS) is 24.3. The third-order valence-electron chi connectivity index (χ3n) is 9.83. The number of hydrogen-bond donors (Lipinski definition) is 2. The highest BCUT2D eigenvalue weighted by Gasteiger charge is 2.43. The molecule has 3 fully saturated rings. The van der Waals surface area contributed by atoms with Crippen LogP contribution in [0.2, 0.25) is 0 Å². The number of benzene rings is 2. The van der Waals surface area contributed by atoms with Crippen LogP contribution in [-0.4, -0.2) is 69.8 Å². The van der Waals surface area contributed by atoms with Gasteiger partial charge in [0.25, 0.3) is 0 Å². The van der Waals surface area contributed by atoms with Crippen LogP contribution in [0.5, 0.6) is 0 Å². The summed E-state index contributed by atoms with van der Waals surface area (Å²) in [4.78, 5) is 17.5. The van der Waals surface area contributed by atoms with Gasteiger partial charge in [-0.2, -0.15) is 5.10 Å². The van der Waals surface area contributed by atoms with Gasteiger partial charge < -0.3 is 10.0 Å². The molecule has 3 heterocycles. The van der Waals surface area contributed by atoms with Gasteiger partial charge in [-0.3, -0.25) is 14.8 Å². The van der Waals surface area contributed by atoms with Gasteiger partial charge in [-0.05, 0) is 67.8 Å². The van der Waals surface area contributed by atoms with E-state index in [2.05, 4.69) is 81.6 Å². The van der Waals surface area contributed by atoms with Gasteiger partial charge in [0.2, 0.25) is 0 Å². The van der Waals surface area contributed by atoms with Crippen molar-refractivity contribution in [2.24, 2.45) is 11.8 Å². The molecule has 6 heteroatoms. The smallest absolute Gasteiger partial charge is 0.321 e. The highest BCUT2D eigenvalue weighted by molar-refractivity contribution is 5.74. The molecule has 1 aliphatic carbocycles. The number of likely N-dealkylation sites (tertiary alicyclic amines) is 2. The summed E-state index contributed by atoms with van der Waals surface area (Å²) in [6.45, 7) is 4.94. The lowest BCUT2D eigenvalue weighted by Gasteiger charge is -2.35. The average Bonchev–Trinajstić information content (AvgIpc) is 3.62. The van der Waals surface area contributed by atoms with Gasteiger partial charge in [0.1, 0.15) is 6.04 Å². The molecule has 0 amide bonds. The van der Waals surface area contributed by atoms with E-state index in [1.165, 1.54) is 41.8 Å². The molecule has 40 heavy (non-hydrogen) atoms. The van der Waals surface area contributed by atoms with Gasteiger partial charge in [-0.1, -0.05) is 79.9 Å². The molecule has 6 rings (SSSR count). The number of nitrogens with zero attached hydrogens (tertiary/aromatic N) is 3. The first-order valence-corrected chi connectivity index (χ1v) is 15.5. The number of hydrogen-bond acceptors (Lipinski definition) is 4. The Kier molecular flexibility index (Phi) is 8.64. The van der Waals surface area contributed by atoms with Crippen LogP contribution in [-0.2, 0) is 11.2 Å². The third-order valence-corrected chi connectivity index (χ3v) is 9.83. The summed E-state index contributed by atoms with van der Waals surface area (Å²) in [6.07, 6.45) is 8.86. The molecule has 2 aliphatic heterocycles. The van der Waals surface area contributed by atoms with Crippen molar-refractivity contribution in [2.45, 2.75) is 69.2 Å². The van der Waals surface area contributed by atoms with Gasteiger partial charge >= 0.3 is 5.97 Å². The van der Waals surface area contributed by atoms with E-state index in [4.69, 9.17) is 5.10 Å². The van der Waals surface area contributed by atoms with Crippen LogP contribution in [0.25, 0.3) is 0 Å². The summed E-state index contributed by atoms with van der Waals surface area (Å²) in [5, 5.41) is 18.3. The van der Waals surface area contributed by atoms with Gasteiger partial charge in [0.15, 0.2) is 0 Å². The first-order chi connectivity index (χ1) is 19.6. The van der Waals surface area contributed by atoms with Gasteiger partial charge in [0.05, 0.1) is 5.69 Å². The van der Waals surface area contributed by atoms with Crippen molar-refractivity contribution in [3.63, 3.8) is 0 Å². The molecule has 6 nitrogen and oxygen atoms in total. The van der Waals surface area contributed by atoms with Gasteiger partial charge in [0, 0.05) is 43.6 Å². The first-order valence-electron chi connectivity index (χ1n) is 15.5. The predicted molar refractivity (Wildman–Crippen MR) is 158 cm³/mol. The summed E-state index contributed by atoms with van der Waals surface area (Å²) in [7, 11) is 0. The Labute approximate surface area is 238 Å². The number of rotatable bonds is 9. The Balaban J connectivity index is 1.09. The van der Waals surface area contributed by atoms with Crippen molar-refractivity contribution >= 4 is 5.97 Å². The lowest BCUT2D eigenvalue weighted by molar-refractivity contribution is -0.145. The van der Waals surface area contributed by atoms with Crippen LogP contribution in [0.1, 0.15) is 79.3 Å². The Bertz CT molecular complexity index is 1220. The molecule has 3 atom stereocenters.